The molecule has 78 valence electrons. The number of aryl methyl sites for hydroxylation is 1. The maximum Gasteiger partial charge on any atom is 0.169 e. The number of rotatable bonds is 1. The van der Waals surface area contributed by atoms with Crippen LogP contribution in [0.1, 0.15) is 11.3 Å². The monoisotopic (exact) mass is 206 g/mol. The Morgan fingerprint density at radius 3 is 2.60 bits per heavy atom. The molecular weight excluding hydrogens is 195 g/mol. The molecule has 0 aliphatic heterocycles. The van der Waals surface area contributed by atoms with Gasteiger partial charge in [-0.25, -0.2) is 9.07 Å². The molecular formula is C10H11FN4. The van der Waals surface area contributed by atoms with E-state index in [0.717, 1.165) is 11.4 Å². The van der Waals surface area contributed by atoms with Crippen LogP contribution in [0.25, 0.3) is 5.69 Å². The molecule has 0 radical (unpaired) electrons. The van der Waals surface area contributed by atoms with E-state index in [1.54, 1.807) is 23.7 Å². The maximum absolute atomic E-state index is 13.1. The average molecular weight is 206 g/mol. The Bertz CT molecular complexity index is 504. The molecule has 0 aliphatic rings. The largest absolute Gasteiger partial charge is 0.381 e. The minimum absolute atomic E-state index is 0.232. The summed E-state index contributed by atoms with van der Waals surface area (Å²) in [5.74, 6) is 0.154. The van der Waals surface area contributed by atoms with Crippen LogP contribution in [0.15, 0.2) is 18.2 Å². The highest BCUT2D eigenvalue weighted by molar-refractivity contribution is 5.41. The van der Waals surface area contributed by atoms with Gasteiger partial charge in [0.05, 0.1) is 11.4 Å². The van der Waals surface area contributed by atoms with Gasteiger partial charge in [-0.3, -0.25) is 0 Å². The van der Waals surface area contributed by atoms with Crippen molar-refractivity contribution in [2.24, 2.45) is 0 Å². The summed E-state index contributed by atoms with van der Waals surface area (Å²) in [6, 6.07) is 4.75. The summed E-state index contributed by atoms with van der Waals surface area (Å²) >= 11 is 0. The third-order valence-electron chi connectivity index (χ3n) is 2.32. The molecule has 0 fully saturated rings. The van der Waals surface area contributed by atoms with E-state index in [-0.39, 0.29) is 5.82 Å². The fourth-order valence-electron chi connectivity index (χ4n) is 1.35. The molecule has 0 unspecified atom stereocenters. The second kappa shape index (κ2) is 3.34. The highest BCUT2D eigenvalue weighted by Crippen LogP contribution is 2.16. The lowest BCUT2D eigenvalue weighted by Crippen LogP contribution is -2.00. The van der Waals surface area contributed by atoms with Crippen LogP contribution < -0.4 is 5.73 Å². The van der Waals surface area contributed by atoms with Crippen molar-refractivity contribution in [3.05, 3.63) is 35.3 Å². The molecule has 2 aromatic rings. The molecule has 1 aromatic heterocycles. The molecule has 2 N–H and O–H groups in total. The standard InChI is InChI=1S/C10H11FN4/c1-6-5-8(3-4-9(6)11)15-7(2)10(12)13-14-15/h3-5H,12H2,1-2H3. The minimum atomic E-state index is -0.232. The zero-order chi connectivity index (χ0) is 11.0. The van der Waals surface area contributed by atoms with Crippen molar-refractivity contribution in [2.45, 2.75) is 13.8 Å². The normalized spacial score (nSPS) is 10.6. The lowest BCUT2D eigenvalue weighted by molar-refractivity contribution is 0.617. The van der Waals surface area contributed by atoms with Gasteiger partial charge in [0.25, 0.3) is 0 Å². The smallest absolute Gasteiger partial charge is 0.169 e. The van der Waals surface area contributed by atoms with Crippen LogP contribution in [0, 0.1) is 19.7 Å². The van der Waals surface area contributed by atoms with E-state index in [4.69, 9.17) is 5.73 Å². The molecule has 15 heavy (non-hydrogen) atoms. The number of nitrogen functional groups attached to an aromatic ring is 1. The molecule has 0 atom stereocenters. The van der Waals surface area contributed by atoms with Gasteiger partial charge in [0.2, 0.25) is 0 Å². The number of halogens is 1. The van der Waals surface area contributed by atoms with E-state index in [1.807, 2.05) is 6.92 Å². The molecule has 0 amide bonds. The van der Waals surface area contributed by atoms with Crippen molar-refractivity contribution in [3.8, 4) is 5.69 Å². The first-order chi connectivity index (χ1) is 7.09. The van der Waals surface area contributed by atoms with Gasteiger partial charge >= 0.3 is 0 Å². The fourth-order valence-corrected chi connectivity index (χ4v) is 1.35. The topological polar surface area (TPSA) is 56.7 Å². The van der Waals surface area contributed by atoms with E-state index >= 15 is 0 Å². The Morgan fingerprint density at radius 1 is 1.33 bits per heavy atom. The molecule has 2 rings (SSSR count). The summed E-state index contributed by atoms with van der Waals surface area (Å²) in [4.78, 5) is 0. The lowest BCUT2D eigenvalue weighted by atomic mass is 10.2. The van der Waals surface area contributed by atoms with Crippen LogP contribution >= 0.6 is 0 Å². The average Bonchev–Trinajstić information content (AvgIpc) is 2.53. The van der Waals surface area contributed by atoms with Gasteiger partial charge in [0.15, 0.2) is 5.82 Å². The van der Waals surface area contributed by atoms with Gasteiger partial charge in [-0.05, 0) is 37.6 Å². The third kappa shape index (κ3) is 1.56. The van der Waals surface area contributed by atoms with Gasteiger partial charge in [0, 0.05) is 0 Å². The molecule has 1 heterocycles. The Labute approximate surface area is 86.5 Å². The van der Waals surface area contributed by atoms with Crippen LogP contribution in [0.4, 0.5) is 10.2 Å². The molecule has 0 aliphatic carbocycles. The molecule has 0 saturated carbocycles. The van der Waals surface area contributed by atoms with Gasteiger partial charge in [-0.15, -0.1) is 5.10 Å². The molecule has 5 heteroatoms. The fraction of sp³-hybridized carbons (Fsp3) is 0.200. The van der Waals surface area contributed by atoms with Crippen LogP contribution in [-0.2, 0) is 0 Å². The SMILES string of the molecule is Cc1cc(-n2nnc(N)c2C)ccc1F. The molecule has 0 spiro atoms. The lowest BCUT2D eigenvalue weighted by Gasteiger charge is -2.04. The number of nitrogens with zero attached hydrogens (tertiary/aromatic N) is 3. The second-order valence-electron chi connectivity index (χ2n) is 3.41. The van der Waals surface area contributed by atoms with Crippen molar-refractivity contribution in [3.63, 3.8) is 0 Å². The van der Waals surface area contributed by atoms with Crippen LogP contribution in [0.3, 0.4) is 0 Å². The van der Waals surface area contributed by atoms with E-state index in [9.17, 15) is 4.39 Å². The summed E-state index contributed by atoms with van der Waals surface area (Å²) in [5.41, 5.74) is 7.66. The summed E-state index contributed by atoms with van der Waals surface area (Å²) < 4.78 is 14.6. The Morgan fingerprint density at radius 2 is 2.07 bits per heavy atom. The highest BCUT2D eigenvalue weighted by Gasteiger charge is 2.07. The number of benzene rings is 1. The summed E-state index contributed by atoms with van der Waals surface area (Å²) in [6.07, 6.45) is 0. The van der Waals surface area contributed by atoms with Crippen molar-refractivity contribution < 1.29 is 4.39 Å². The number of aromatic nitrogens is 3. The quantitative estimate of drug-likeness (QED) is 0.771. The predicted molar refractivity (Wildman–Crippen MR) is 55.2 cm³/mol. The Balaban J connectivity index is 2.55. The van der Waals surface area contributed by atoms with Crippen molar-refractivity contribution in [1.29, 1.82) is 0 Å². The zero-order valence-corrected chi connectivity index (χ0v) is 8.53. The van der Waals surface area contributed by atoms with Gasteiger partial charge in [-0.2, -0.15) is 0 Å². The van der Waals surface area contributed by atoms with Crippen molar-refractivity contribution >= 4 is 5.82 Å². The maximum atomic E-state index is 13.1. The van der Waals surface area contributed by atoms with Crippen molar-refractivity contribution in [1.82, 2.24) is 15.0 Å². The van der Waals surface area contributed by atoms with Crippen LogP contribution in [0.5, 0.6) is 0 Å². The van der Waals surface area contributed by atoms with Gasteiger partial charge < -0.3 is 5.73 Å². The Hall–Kier alpha value is -1.91. The molecule has 1 aromatic carbocycles. The number of hydrogen-bond acceptors (Lipinski definition) is 3. The first kappa shape index (κ1) is 9.64. The number of anilines is 1. The molecule has 0 saturated heterocycles. The van der Waals surface area contributed by atoms with E-state index in [1.165, 1.54) is 6.07 Å². The molecule has 0 bridgehead atoms. The van der Waals surface area contributed by atoms with E-state index in [2.05, 4.69) is 10.3 Å². The van der Waals surface area contributed by atoms with Gasteiger partial charge in [0.1, 0.15) is 5.82 Å². The van der Waals surface area contributed by atoms with Gasteiger partial charge in [-0.1, -0.05) is 5.21 Å². The van der Waals surface area contributed by atoms with E-state index in [0.29, 0.717) is 11.4 Å². The number of nitrogens with two attached hydrogens (primary N) is 1. The summed E-state index contributed by atoms with van der Waals surface area (Å²) in [7, 11) is 0. The minimum Gasteiger partial charge on any atom is -0.381 e. The first-order valence-electron chi connectivity index (χ1n) is 4.54. The third-order valence-corrected chi connectivity index (χ3v) is 2.32. The second-order valence-corrected chi connectivity index (χ2v) is 3.41. The Kier molecular flexibility index (Phi) is 2.15. The van der Waals surface area contributed by atoms with Crippen molar-refractivity contribution in [2.75, 3.05) is 5.73 Å². The summed E-state index contributed by atoms with van der Waals surface area (Å²) in [6.45, 7) is 3.52. The number of hydrogen-bond donors (Lipinski definition) is 1. The first-order valence-corrected chi connectivity index (χ1v) is 4.54. The van der Waals surface area contributed by atoms with Crippen LogP contribution in [0.2, 0.25) is 0 Å². The predicted octanol–water partition coefficient (Wildman–Crippen LogP) is 1.61. The molecule has 4 nitrogen and oxygen atoms in total. The van der Waals surface area contributed by atoms with Crippen LogP contribution in [-0.4, -0.2) is 15.0 Å². The summed E-state index contributed by atoms with van der Waals surface area (Å²) in [5, 5.41) is 7.62. The van der Waals surface area contributed by atoms with E-state index < -0.39 is 0 Å². The highest BCUT2D eigenvalue weighted by atomic mass is 19.1. The zero-order valence-electron chi connectivity index (χ0n) is 8.53.